The number of nitriles is 2. The van der Waals surface area contributed by atoms with Crippen LogP contribution in [0.2, 0.25) is 0 Å². The quantitative estimate of drug-likeness (QED) is 0.379. The van der Waals surface area contributed by atoms with Crippen molar-refractivity contribution >= 4 is 11.9 Å². The summed E-state index contributed by atoms with van der Waals surface area (Å²) in [7, 11) is 0. The Kier molecular flexibility index (Phi) is 16.5. The van der Waals surface area contributed by atoms with Crippen LogP contribution in [0.15, 0.2) is 24.3 Å². The third-order valence-corrected chi connectivity index (χ3v) is 0.886. The predicted octanol–water partition coefficient (Wildman–Crippen LogP) is -0.727. The Hall–Kier alpha value is -2.68. The largest absolute Gasteiger partial charge is 0.477 e. The molecule has 8 nitrogen and oxygen atoms in total. The highest BCUT2D eigenvalue weighted by molar-refractivity contribution is 5.90. The van der Waals surface area contributed by atoms with E-state index in [0.717, 1.165) is 0 Å². The van der Waals surface area contributed by atoms with E-state index < -0.39 is 23.1 Å². The van der Waals surface area contributed by atoms with Gasteiger partial charge in [-0.15, -0.1) is 0 Å². The van der Waals surface area contributed by atoms with Crippen molar-refractivity contribution in [3.8, 4) is 12.1 Å². The van der Waals surface area contributed by atoms with E-state index in [1.165, 1.54) is 12.1 Å². The molecule has 4 N–H and O–H groups in total. The van der Waals surface area contributed by atoms with Crippen molar-refractivity contribution in [2.75, 3.05) is 13.2 Å². The first-order valence-corrected chi connectivity index (χ1v) is 4.14. The number of aliphatic carboxylic acids is 2. The zero-order valence-electron chi connectivity index (χ0n) is 9.33. The smallest absolute Gasteiger partial charge is 0.345 e. The molecule has 18 heavy (non-hydrogen) atoms. The van der Waals surface area contributed by atoms with E-state index >= 15 is 0 Å². The Morgan fingerprint density at radius 3 is 1.11 bits per heavy atom. The van der Waals surface area contributed by atoms with Crippen LogP contribution in [0.1, 0.15) is 0 Å². The summed E-state index contributed by atoms with van der Waals surface area (Å²) in [5.74, 6) is -2.52. The lowest BCUT2D eigenvalue weighted by Crippen LogP contribution is -1.94. The van der Waals surface area contributed by atoms with Gasteiger partial charge in [-0.3, -0.25) is 0 Å². The minimum Gasteiger partial charge on any atom is -0.477 e. The van der Waals surface area contributed by atoms with E-state index in [-0.39, 0.29) is 13.2 Å². The van der Waals surface area contributed by atoms with E-state index in [0.29, 0.717) is 0 Å². The van der Waals surface area contributed by atoms with Crippen LogP contribution in [0.5, 0.6) is 0 Å². The third kappa shape index (κ3) is 19.0. The van der Waals surface area contributed by atoms with E-state index in [1.54, 1.807) is 0 Å². The van der Waals surface area contributed by atoms with Crippen molar-refractivity contribution in [1.82, 2.24) is 0 Å². The van der Waals surface area contributed by atoms with Crippen LogP contribution >= 0.6 is 0 Å². The highest BCUT2D eigenvalue weighted by Crippen LogP contribution is 1.82. The molecule has 8 heteroatoms. The number of hydrogen-bond acceptors (Lipinski definition) is 6. The molecule has 0 radical (unpaired) electrons. The molecule has 0 saturated carbocycles. The number of nitrogens with zero attached hydrogens (tertiary/aromatic N) is 2. The molecule has 0 aromatic heterocycles. The molecule has 98 valence electrons. The monoisotopic (exact) mass is 256 g/mol. The van der Waals surface area contributed by atoms with Gasteiger partial charge in [-0.1, -0.05) is 13.2 Å². The fraction of sp³-hybridized carbons (Fsp3) is 0.200. The molecule has 0 aliphatic rings. The first-order chi connectivity index (χ1) is 8.28. The molecule has 0 spiro atoms. The third-order valence-electron chi connectivity index (χ3n) is 0.886. The second-order valence-corrected chi connectivity index (χ2v) is 2.24. The summed E-state index contributed by atoms with van der Waals surface area (Å²) in [6.07, 6.45) is 0. The standard InChI is InChI=1S/2C4H3NO2.C2H6O2/c2*1-3(2-5)4(6)7;3-1-2-4/h2*1H2,(H,6,7);3-4H,1-2H2. The van der Waals surface area contributed by atoms with Crippen molar-refractivity contribution in [2.45, 2.75) is 0 Å². The van der Waals surface area contributed by atoms with E-state index in [1.807, 2.05) is 0 Å². The maximum atomic E-state index is 9.61. The molecular weight excluding hydrogens is 244 g/mol. The number of aliphatic hydroxyl groups is 2. The van der Waals surface area contributed by atoms with Crippen molar-refractivity contribution in [3.05, 3.63) is 24.3 Å². The summed E-state index contributed by atoms with van der Waals surface area (Å²) < 4.78 is 0. The van der Waals surface area contributed by atoms with Gasteiger partial charge in [-0.25, -0.2) is 9.59 Å². The van der Waals surface area contributed by atoms with Gasteiger partial charge in [-0.05, 0) is 0 Å². The fourth-order valence-corrected chi connectivity index (χ4v) is 0.0956. The Balaban J connectivity index is -0.000000196. The lowest BCUT2D eigenvalue weighted by Gasteiger charge is -1.76. The van der Waals surface area contributed by atoms with E-state index in [4.69, 9.17) is 30.9 Å². The number of carboxylic acids is 2. The van der Waals surface area contributed by atoms with Gasteiger partial charge in [0.2, 0.25) is 0 Å². The van der Waals surface area contributed by atoms with Crippen LogP contribution in [0, 0.1) is 22.7 Å². The normalized spacial score (nSPS) is 6.89. The lowest BCUT2D eigenvalue weighted by atomic mass is 10.4. The van der Waals surface area contributed by atoms with Crippen LogP contribution in [-0.2, 0) is 9.59 Å². The van der Waals surface area contributed by atoms with Crippen LogP contribution in [0.4, 0.5) is 0 Å². The van der Waals surface area contributed by atoms with Crippen LogP contribution in [0.25, 0.3) is 0 Å². The zero-order valence-corrected chi connectivity index (χ0v) is 9.33. The Bertz CT molecular complexity index is 350. The maximum absolute atomic E-state index is 9.61. The minimum absolute atomic E-state index is 0.125. The van der Waals surface area contributed by atoms with Crippen LogP contribution in [-0.4, -0.2) is 45.6 Å². The molecule has 0 fully saturated rings. The SMILES string of the molecule is C=C(C#N)C(=O)O.C=C(C#N)C(=O)O.OCCO. The summed E-state index contributed by atoms with van der Waals surface area (Å²) in [6, 6.07) is 2.74. The molecule has 0 aromatic carbocycles. The number of rotatable bonds is 3. The number of carbonyl (C=O) groups is 2. The summed E-state index contributed by atoms with van der Waals surface area (Å²) >= 11 is 0. The molecule has 0 aliphatic carbocycles. The molecule has 0 aromatic rings. The highest BCUT2D eigenvalue weighted by Gasteiger charge is 1.98. The molecule has 0 atom stereocenters. The van der Waals surface area contributed by atoms with Crippen molar-refractivity contribution in [2.24, 2.45) is 0 Å². The molecule has 0 heterocycles. The molecule has 0 aliphatic heterocycles. The Morgan fingerprint density at radius 1 is 0.889 bits per heavy atom. The van der Waals surface area contributed by atoms with Gasteiger partial charge < -0.3 is 20.4 Å². The van der Waals surface area contributed by atoms with Gasteiger partial charge in [0.25, 0.3) is 0 Å². The van der Waals surface area contributed by atoms with Gasteiger partial charge in [0.1, 0.15) is 23.3 Å². The molecule has 0 saturated heterocycles. The topological polar surface area (TPSA) is 163 Å². The van der Waals surface area contributed by atoms with Gasteiger partial charge >= 0.3 is 11.9 Å². The van der Waals surface area contributed by atoms with Crippen LogP contribution < -0.4 is 0 Å². The van der Waals surface area contributed by atoms with Gasteiger partial charge in [0, 0.05) is 0 Å². The van der Waals surface area contributed by atoms with Gasteiger partial charge in [0.15, 0.2) is 0 Å². The zero-order chi connectivity index (χ0) is 15.1. The second kappa shape index (κ2) is 14.3. The summed E-state index contributed by atoms with van der Waals surface area (Å²) in [4.78, 5) is 19.2. The van der Waals surface area contributed by atoms with Gasteiger partial charge in [-0.2, -0.15) is 10.5 Å². The first kappa shape index (κ1) is 20.7. The summed E-state index contributed by atoms with van der Waals surface area (Å²) in [6.45, 7) is 5.57. The lowest BCUT2D eigenvalue weighted by molar-refractivity contribution is -0.133. The predicted molar refractivity (Wildman–Crippen MR) is 58.9 cm³/mol. The average molecular weight is 256 g/mol. The Morgan fingerprint density at radius 2 is 1.11 bits per heavy atom. The molecule has 0 unspecified atom stereocenters. The highest BCUT2D eigenvalue weighted by atomic mass is 16.4. The molecule has 0 rings (SSSR count). The number of aliphatic hydroxyl groups excluding tert-OH is 2. The number of hydrogen-bond donors (Lipinski definition) is 4. The van der Waals surface area contributed by atoms with Gasteiger partial charge in [0.05, 0.1) is 13.2 Å². The molecular formula is C10H12N2O6. The maximum Gasteiger partial charge on any atom is 0.345 e. The van der Waals surface area contributed by atoms with E-state index in [2.05, 4.69) is 13.2 Å². The average Bonchev–Trinajstić information content (AvgIpc) is 2.37. The number of carboxylic acid groups (broad SMARTS) is 2. The first-order valence-electron chi connectivity index (χ1n) is 4.14. The molecule has 0 bridgehead atoms. The summed E-state index contributed by atoms with van der Waals surface area (Å²) in [5.41, 5.74) is -0.861. The molecule has 0 amide bonds. The van der Waals surface area contributed by atoms with Crippen LogP contribution in [0.3, 0.4) is 0 Å². The Labute approximate surface area is 103 Å². The van der Waals surface area contributed by atoms with Crippen molar-refractivity contribution < 1.29 is 30.0 Å². The second-order valence-electron chi connectivity index (χ2n) is 2.24. The fourth-order valence-electron chi connectivity index (χ4n) is 0.0956. The van der Waals surface area contributed by atoms with E-state index in [9.17, 15) is 9.59 Å². The van der Waals surface area contributed by atoms with Crippen molar-refractivity contribution in [1.29, 1.82) is 10.5 Å². The van der Waals surface area contributed by atoms with Crippen molar-refractivity contribution in [3.63, 3.8) is 0 Å². The minimum atomic E-state index is -1.26. The summed E-state index contributed by atoms with van der Waals surface area (Å²) in [5, 5.41) is 46.5.